The number of methoxy groups -OCH3 is 1. The highest BCUT2D eigenvalue weighted by Gasteiger charge is 2.48. The van der Waals surface area contributed by atoms with E-state index in [4.69, 9.17) is 15.6 Å². The molecule has 1 aromatic carbocycles. The number of rotatable bonds is 7. The molecule has 10 nitrogen and oxygen atoms in total. The Morgan fingerprint density at radius 1 is 1.24 bits per heavy atom. The van der Waals surface area contributed by atoms with Crippen LogP contribution in [0.15, 0.2) is 88.5 Å². The number of alkyl halides is 3. The van der Waals surface area contributed by atoms with Gasteiger partial charge in [-0.3, -0.25) is 14.6 Å². The molecule has 2 aromatic rings. The van der Waals surface area contributed by atoms with Gasteiger partial charge in [-0.2, -0.15) is 24.0 Å². The number of benzene rings is 1. The average molecular weight is 567 g/mol. The van der Waals surface area contributed by atoms with Crippen LogP contribution >= 0.6 is 0 Å². The Hall–Kier alpha value is -4.46. The zero-order chi connectivity index (χ0) is 29.2. The molecule has 41 heavy (non-hydrogen) atoms. The van der Waals surface area contributed by atoms with E-state index in [0.29, 0.717) is 42.4 Å². The number of fused-ring (bicyclic) bond motifs is 1. The van der Waals surface area contributed by atoms with Crippen molar-refractivity contribution in [2.45, 2.75) is 25.1 Å². The van der Waals surface area contributed by atoms with Gasteiger partial charge in [0.1, 0.15) is 17.7 Å². The third kappa shape index (κ3) is 5.59. The van der Waals surface area contributed by atoms with Crippen LogP contribution in [-0.2, 0) is 15.7 Å². The molecule has 0 radical (unpaired) electrons. The molecular formula is C28H27F3N7O3+. The summed E-state index contributed by atoms with van der Waals surface area (Å²) in [5, 5.41) is 2.39. The number of halogens is 3. The normalized spacial score (nSPS) is 21.9. The SMILES string of the molecule is COC/C=C/C(=O)N1CCCC1C1=C2C=NC=C[N+]2(N)C(c2ccc(C(=O)Nc3cc(C(F)(F)F)ccn3)cc2)=N1. The van der Waals surface area contributed by atoms with Gasteiger partial charge < -0.3 is 15.0 Å². The summed E-state index contributed by atoms with van der Waals surface area (Å²) in [4.78, 5) is 40.4. The van der Waals surface area contributed by atoms with Crippen LogP contribution in [0, 0.1) is 0 Å². The van der Waals surface area contributed by atoms with Crippen LogP contribution in [0.4, 0.5) is 19.0 Å². The number of quaternary nitrogens is 1. The fourth-order valence-electron chi connectivity index (χ4n) is 4.94. The predicted octanol–water partition coefficient (Wildman–Crippen LogP) is 3.76. The van der Waals surface area contributed by atoms with Crippen molar-refractivity contribution in [2.24, 2.45) is 15.8 Å². The molecule has 3 aliphatic heterocycles. The van der Waals surface area contributed by atoms with E-state index in [1.807, 2.05) is 0 Å². The fourth-order valence-corrected chi connectivity index (χ4v) is 4.94. The predicted molar refractivity (Wildman–Crippen MR) is 145 cm³/mol. The van der Waals surface area contributed by atoms with Gasteiger partial charge in [0.2, 0.25) is 11.6 Å². The van der Waals surface area contributed by atoms with E-state index < -0.39 is 17.6 Å². The van der Waals surface area contributed by atoms with E-state index in [0.717, 1.165) is 24.8 Å². The average Bonchev–Trinajstić information content (AvgIpc) is 3.55. The van der Waals surface area contributed by atoms with Gasteiger partial charge in [0.25, 0.3) is 11.7 Å². The zero-order valence-electron chi connectivity index (χ0n) is 22.0. The maximum absolute atomic E-state index is 13.0. The van der Waals surface area contributed by atoms with E-state index >= 15 is 0 Å². The van der Waals surface area contributed by atoms with Crippen LogP contribution in [0.2, 0.25) is 0 Å². The molecule has 0 spiro atoms. The first kappa shape index (κ1) is 28.1. The van der Waals surface area contributed by atoms with Gasteiger partial charge in [0.15, 0.2) is 0 Å². The van der Waals surface area contributed by atoms with Crippen molar-refractivity contribution < 1.29 is 32.1 Å². The lowest BCUT2D eigenvalue weighted by Gasteiger charge is -2.27. The van der Waals surface area contributed by atoms with Crippen LogP contribution in [0.1, 0.15) is 34.3 Å². The Morgan fingerprint density at radius 2 is 2.02 bits per heavy atom. The number of aromatic nitrogens is 1. The molecular weight excluding hydrogens is 539 g/mol. The molecule has 212 valence electrons. The smallest absolute Gasteiger partial charge is 0.381 e. The molecule has 3 N–H and O–H groups in total. The summed E-state index contributed by atoms with van der Waals surface area (Å²) >= 11 is 0. The van der Waals surface area contributed by atoms with E-state index in [1.165, 1.54) is 18.2 Å². The van der Waals surface area contributed by atoms with Crippen molar-refractivity contribution in [1.82, 2.24) is 9.88 Å². The number of amides is 2. The Morgan fingerprint density at radius 3 is 2.76 bits per heavy atom. The molecule has 1 saturated heterocycles. The number of nitrogens with zero attached hydrogens (tertiary/aromatic N) is 5. The second-order valence-corrected chi connectivity index (χ2v) is 9.57. The van der Waals surface area contributed by atoms with Gasteiger partial charge in [-0.1, -0.05) is 6.08 Å². The summed E-state index contributed by atoms with van der Waals surface area (Å²) in [5.41, 5.74) is 1.17. The molecule has 3 aliphatic rings. The van der Waals surface area contributed by atoms with Gasteiger partial charge in [-0.05, 0) is 49.2 Å². The van der Waals surface area contributed by atoms with Crippen molar-refractivity contribution in [3.8, 4) is 0 Å². The topological polar surface area (TPSA) is 122 Å². The minimum Gasteiger partial charge on any atom is -0.381 e. The van der Waals surface area contributed by atoms with Crippen LogP contribution < -0.4 is 11.2 Å². The Balaban J connectivity index is 1.39. The number of anilines is 1. The van der Waals surface area contributed by atoms with E-state index in [-0.39, 0.29) is 27.9 Å². The zero-order valence-corrected chi connectivity index (χ0v) is 22.0. The molecule has 0 saturated carbocycles. The third-order valence-electron chi connectivity index (χ3n) is 6.93. The maximum Gasteiger partial charge on any atom is 0.416 e. The highest BCUT2D eigenvalue weighted by atomic mass is 19.4. The van der Waals surface area contributed by atoms with Gasteiger partial charge in [0.05, 0.1) is 36.2 Å². The van der Waals surface area contributed by atoms with Crippen LogP contribution in [0.3, 0.4) is 0 Å². The van der Waals surface area contributed by atoms with Crippen molar-refractivity contribution >= 4 is 29.7 Å². The summed E-state index contributed by atoms with van der Waals surface area (Å²) in [6.07, 6.45) is 5.97. The van der Waals surface area contributed by atoms with Gasteiger partial charge in [-0.25, -0.2) is 4.98 Å². The largest absolute Gasteiger partial charge is 0.416 e. The number of nitrogens with one attached hydrogen (secondary N) is 1. The van der Waals surface area contributed by atoms with Crippen LogP contribution in [0.5, 0.6) is 0 Å². The minimum absolute atomic E-state index is 0.148. The van der Waals surface area contributed by atoms with E-state index in [1.54, 1.807) is 48.8 Å². The second-order valence-electron chi connectivity index (χ2n) is 9.57. The summed E-state index contributed by atoms with van der Waals surface area (Å²) in [7, 11) is 1.55. The molecule has 0 aliphatic carbocycles. The number of hydrogen-bond donors (Lipinski definition) is 2. The number of carbonyl (C=O) groups excluding carboxylic acids is 2. The van der Waals surface area contributed by atoms with Gasteiger partial charge in [-0.15, -0.1) is 4.59 Å². The summed E-state index contributed by atoms with van der Waals surface area (Å²) < 4.78 is 43.8. The number of nitrogens with two attached hydrogens (primary N) is 1. The lowest BCUT2D eigenvalue weighted by molar-refractivity contribution is -0.750. The molecule has 0 bridgehead atoms. The number of aliphatic imine (C=N–C) groups is 2. The lowest BCUT2D eigenvalue weighted by atomic mass is 10.1. The highest BCUT2D eigenvalue weighted by Crippen LogP contribution is 2.37. The molecule has 5 rings (SSSR count). The third-order valence-corrected chi connectivity index (χ3v) is 6.93. The van der Waals surface area contributed by atoms with Gasteiger partial charge in [0, 0.05) is 31.5 Å². The Labute approximate surface area is 233 Å². The molecule has 1 fully saturated rings. The number of ether oxygens (including phenoxy) is 1. The number of likely N-dealkylation sites (tertiary alicyclic amines) is 1. The summed E-state index contributed by atoms with van der Waals surface area (Å²) in [6, 6.07) is 7.66. The van der Waals surface area contributed by atoms with E-state index in [9.17, 15) is 22.8 Å². The lowest BCUT2D eigenvalue weighted by Crippen LogP contribution is -2.53. The van der Waals surface area contributed by atoms with Crippen molar-refractivity contribution in [3.63, 3.8) is 0 Å². The van der Waals surface area contributed by atoms with Crippen LogP contribution in [-0.4, -0.2) is 64.6 Å². The maximum atomic E-state index is 13.0. The first-order valence-electron chi connectivity index (χ1n) is 12.7. The molecule has 1 aromatic heterocycles. The molecule has 13 heteroatoms. The molecule has 2 atom stereocenters. The van der Waals surface area contributed by atoms with Crippen molar-refractivity contribution in [3.05, 3.63) is 95.2 Å². The number of carbonyl (C=O) groups is 2. The number of hydrogen-bond acceptors (Lipinski definition) is 7. The minimum atomic E-state index is -4.56. The standard InChI is InChI=1S/C28H26F3N7O3/c1-41-15-3-5-24(39)37-13-2-4-21(37)25-22-17-33-12-14-38(22,32)26(36-25)18-6-8-19(9-7-18)27(40)35-23-16-20(10-11-34-23)28(29,30)31/h3,5-12,14,16-17,21H,2,4,13,15,32H2,1H3/p+1/b5-3+. The second kappa shape index (κ2) is 11.2. The van der Waals surface area contributed by atoms with Gasteiger partial charge >= 0.3 is 6.18 Å². The van der Waals surface area contributed by atoms with Crippen molar-refractivity contribution in [2.75, 3.05) is 25.6 Å². The molecule has 4 heterocycles. The summed E-state index contributed by atoms with van der Waals surface area (Å²) in [6.45, 7) is 0.899. The number of amidine groups is 1. The fraction of sp³-hybridized carbons (Fsp3) is 0.250. The Bertz CT molecular complexity index is 1510. The van der Waals surface area contributed by atoms with E-state index in [2.05, 4.69) is 15.3 Å². The summed E-state index contributed by atoms with van der Waals surface area (Å²) in [5.74, 6) is 6.30. The number of pyridine rings is 1. The molecule has 2 unspecified atom stereocenters. The first-order chi connectivity index (χ1) is 19.6. The highest BCUT2D eigenvalue weighted by molar-refractivity contribution is 6.05. The quantitative estimate of drug-likeness (QED) is 0.300. The first-order valence-corrected chi connectivity index (χ1v) is 12.7. The van der Waals surface area contributed by atoms with Crippen LogP contribution in [0.25, 0.3) is 0 Å². The van der Waals surface area contributed by atoms with Crippen molar-refractivity contribution in [1.29, 1.82) is 0 Å². The number of allylic oxidation sites excluding steroid dienone is 1. The monoisotopic (exact) mass is 566 g/mol. The molecule has 2 amide bonds. The Kier molecular flexibility index (Phi) is 7.67.